The van der Waals surface area contributed by atoms with E-state index in [2.05, 4.69) is 0 Å². The van der Waals surface area contributed by atoms with E-state index in [9.17, 15) is 13.2 Å². The number of sulfonamides is 1. The number of rotatable bonds is 7. The van der Waals surface area contributed by atoms with E-state index in [0.29, 0.717) is 28.2 Å². The van der Waals surface area contributed by atoms with E-state index < -0.39 is 16.1 Å². The predicted molar refractivity (Wildman–Crippen MR) is 133 cm³/mol. The summed E-state index contributed by atoms with van der Waals surface area (Å²) in [5, 5.41) is 0.473. The second-order valence-electron chi connectivity index (χ2n) is 8.03. The molecule has 0 saturated heterocycles. The molecule has 176 valence electrons. The molecule has 0 saturated carbocycles. The Bertz CT molecular complexity index is 1500. The van der Waals surface area contributed by atoms with Crippen molar-refractivity contribution in [3.8, 4) is 11.4 Å². The van der Waals surface area contributed by atoms with Crippen molar-refractivity contribution < 1.29 is 13.2 Å². The number of nitrogens with zero attached hydrogens (tertiary/aromatic N) is 3. The van der Waals surface area contributed by atoms with E-state index in [-0.39, 0.29) is 17.0 Å². The van der Waals surface area contributed by atoms with E-state index in [1.165, 1.54) is 28.1 Å². The molecule has 0 bridgehead atoms. The Kier molecular flexibility index (Phi) is 6.54. The molecule has 0 amide bonds. The Balaban J connectivity index is 1.92. The zero-order chi connectivity index (χ0) is 24.5. The number of aryl methyl sites for hydroxylation is 1. The van der Waals surface area contributed by atoms with Gasteiger partial charge in [0, 0.05) is 6.54 Å². The van der Waals surface area contributed by atoms with Gasteiger partial charge in [0.15, 0.2) is 0 Å². The molecule has 1 heterocycles. The normalized spacial score (nSPS) is 12.7. The van der Waals surface area contributed by atoms with Gasteiger partial charge in [0.25, 0.3) is 5.56 Å². The quantitative estimate of drug-likeness (QED) is 0.392. The summed E-state index contributed by atoms with van der Waals surface area (Å²) in [5.74, 6) is 0.924. The summed E-state index contributed by atoms with van der Waals surface area (Å²) in [6, 6.07) is 20.2. The topological polar surface area (TPSA) is 81.5 Å². The molecule has 34 heavy (non-hydrogen) atoms. The molecule has 0 radical (unpaired) electrons. The van der Waals surface area contributed by atoms with Crippen molar-refractivity contribution in [1.82, 2.24) is 13.9 Å². The lowest BCUT2D eigenvalue weighted by Gasteiger charge is -2.29. The largest absolute Gasteiger partial charge is 0.497 e. The predicted octanol–water partition coefficient (Wildman–Crippen LogP) is 4.47. The van der Waals surface area contributed by atoms with Gasteiger partial charge in [0.2, 0.25) is 10.0 Å². The Hall–Kier alpha value is -3.49. The molecule has 1 unspecified atom stereocenters. The maximum absolute atomic E-state index is 13.6. The van der Waals surface area contributed by atoms with Crippen LogP contribution >= 0.6 is 0 Å². The van der Waals surface area contributed by atoms with Gasteiger partial charge in [-0.3, -0.25) is 9.36 Å². The number of hydrogen-bond donors (Lipinski definition) is 0. The van der Waals surface area contributed by atoms with E-state index in [0.717, 1.165) is 5.56 Å². The highest BCUT2D eigenvalue weighted by molar-refractivity contribution is 7.89. The van der Waals surface area contributed by atoms with E-state index >= 15 is 0 Å². The van der Waals surface area contributed by atoms with Crippen LogP contribution in [0.2, 0.25) is 0 Å². The molecule has 4 aromatic rings. The summed E-state index contributed by atoms with van der Waals surface area (Å²) in [6.45, 7) is 5.67. The van der Waals surface area contributed by atoms with Crippen LogP contribution < -0.4 is 10.3 Å². The lowest BCUT2D eigenvalue weighted by Crippen LogP contribution is -2.37. The van der Waals surface area contributed by atoms with Crippen LogP contribution in [0.1, 0.15) is 31.3 Å². The Morgan fingerprint density at radius 2 is 1.74 bits per heavy atom. The molecule has 0 aliphatic rings. The minimum absolute atomic E-state index is 0.146. The van der Waals surface area contributed by atoms with Gasteiger partial charge in [0.05, 0.1) is 34.6 Å². The summed E-state index contributed by atoms with van der Waals surface area (Å²) in [7, 11) is -2.35. The maximum atomic E-state index is 13.6. The molecule has 0 spiro atoms. The lowest BCUT2D eigenvalue weighted by molar-refractivity contribution is 0.340. The molecule has 1 atom stereocenters. The highest BCUT2D eigenvalue weighted by Crippen LogP contribution is 2.29. The highest BCUT2D eigenvalue weighted by atomic mass is 32.2. The second-order valence-corrected chi connectivity index (χ2v) is 9.92. The van der Waals surface area contributed by atoms with E-state index in [4.69, 9.17) is 9.72 Å². The molecule has 1 aromatic heterocycles. The average Bonchev–Trinajstić information content (AvgIpc) is 2.84. The van der Waals surface area contributed by atoms with Crippen molar-refractivity contribution >= 4 is 20.9 Å². The maximum Gasteiger partial charge on any atom is 0.266 e. The zero-order valence-electron chi connectivity index (χ0n) is 19.6. The first kappa shape index (κ1) is 23.7. The molecule has 8 heteroatoms. The van der Waals surface area contributed by atoms with E-state index in [1.807, 2.05) is 37.3 Å². The first-order valence-corrected chi connectivity index (χ1v) is 12.5. The van der Waals surface area contributed by atoms with Crippen LogP contribution in [-0.4, -0.2) is 35.9 Å². The zero-order valence-corrected chi connectivity index (χ0v) is 20.4. The molecule has 4 rings (SSSR count). The molecule has 0 aliphatic carbocycles. The van der Waals surface area contributed by atoms with Gasteiger partial charge in [0.1, 0.15) is 11.6 Å². The van der Waals surface area contributed by atoms with Crippen LogP contribution in [0.25, 0.3) is 16.6 Å². The fraction of sp³-hybridized carbons (Fsp3) is 0.231. The summed E-state index contributed by atoms with van der Waals surface area (Å²) in [5.41, 5.74) is 1.91. The third kappa shape index (κ3) is 4.22. The highest BCUT2D eigenvalue weighted by Gasteiger charge is 2.32. The average molecular weight is 478 g/mol. The summed E-state index contributed by atoms with van der Waals surface area (Å²) >= 11 is 0. The molecular formula is C26H27N3O4S. The minimum atomic E-state index is -3.87. The second kappa shape index (κ2) is 9.40. The summed E-state index contributed by atoms with van der Waals surface area (Å²) in [6.07, 6.45) is 0. The Morgan fingerprint density at radius 3 is 2.38 bits per heavy atom. The van der Waals surface area contributed by atoms with Gasteiger partial charge < -0.3 is 4.74 Å². The number of aromatic nitrogens is 2. The third-order valence-electron chi connectivity index (χ3n) is 5.84. The minimum Gasteiger partial charge on any atom is -0.497 e. The summed E-state index contributed by atoms with van der Waals surface area (Å²) < 4.78 is 35.2. The first-order valence-electron chi connectivity index (χ1n) is 11.0. The van der Waals surface area contributed by atoms with Crippen molar-refractivity contribution in [3.63, 3.8) is 0 Å². The molecule has 7 nitrogen and oxygen atoms in total. The number of fused-ring (bicyclic) bond motifs is 1. The standard InChI is InChI=1S/C26H27N3O4S/c1-5-28(34(31,32)22-15-13-21(33-4)14-16-22)19(3)25-27-24-12-7-6-11-23(24)26(30)29(25)20-10-8-9-18(2)17-20/h6-17,19H,5H2,1-4H3. The molecule has 0 N–H and O–H groups in total. The van der Waals surface area contributed by atoms with Gasteiger partial charge in [-0.1, -0.05) is 31.2 Å². The van der Waals surface area contributed by atoms with Crippen LogP contribution in [0.4, 0.5) is 0 Å². The van der Waals surface area contributed by atoms with Gasteiger partial charge in [-0.05, 0) is 67.9 Å². The molecule has 3 aromatic carbocycles. The monoisotopic (exact) mass is 477 g/mol. The number of benzene rings is 3. The lowest BCUT2D eigenvalue weighted by atomic mass is 10.1. The summed E-state index contributed by atoms with van der Waals surface area (Å²) in [4.78, 5) is 18.5. The fourth-order valence-corrected chi connectivity index (χ4v) is 5.71. The van der Waals surface area contributed by atoms with Crippen molar-refractivity contribution in [2.75, 3.05) is 13.7 Å². The van der Waals surface area contributed by atoms with Crippen LogP contribution in [0.3, 0.4) is 0 Å². The van der Waals surface area contributed by atoms with E-state index in [1.54, 1.807) is 44.2 Å². The first-order chi connectivity index (χ1) is 16.3. The van der Waals surface area contributed by atoms with Crippen LogP contribution in [-0.2, 0) is 10.0 Å². The number of methoxy groups -OCH3 is 1. The van der Waals surface area contributed by atoms with Gasteiger partial charge in [-0.15, -0.1) is 0 Å². The van der Waals surface area contributed by atoms with Crippen molar-refractivity contribution in [2.45, 2.75) is 31.7 Å². The molecular weight excluding hydrogens is 450 g/mol. The number of ether oxygens (including phenoxy) is 1. The fourth-order valence-electron chi connectivity index (χ4n) is 4.11. The van der Waals surface area contributed by atoms with Crippen LogP contribution in [0, 0.1) is 6.92 Å². The van der Waals surface area contributed by atoms with Gasteiger partial charge in [-0.25, -0.2) is 13.4 Å². The Morgan fingerprint density at radius 1 is 1.03 bits per heavy atom. The van der Waals surface area contributed by atoms with Crippen molar-refractivity contribution in [2.24, 2.45) is 0 Å². The third-order valence-corrected chi connectivity index (χ3v) is 7.90. The number of para-hydroxylation sites is 1. The van der Waals surface area contributed by atoms with Crippen molar-refractivity contribution in [3.05, 3.63) is 94.5 Å². The smallest absolute Gasteiger partial charge is 0.266 e. The van der Waals surface area contributed by atoms with Gasteiger partial charge >= 0.3 is 0 Å². The molecule has 0 aliphatic heterocycles. The number of hydrogen-bond acceptors (Lipinski definition) is 5. The van der Waals surface area contributed by atoms with Crippen molar-refractivity contribution in [1.29, 1.82) is 0 Å². The molecule has 0 fully saturated rings. The van der Waals surface area contributed by atoms with Gasteiger partial charge in [-0.2, -0.15) is 4.31 Å². The Labute approximate surface area is 199 Å². The van der Waals surface area contributed by atoms with Crippen LogP contribution in [0.15, 0.2) is 82.5 Å². The SMILES string of the molecule is CCN(C(C)c1nc2ccccc2c(=O)n1-c1cccc(C)c1)S(=O)(=O)c1ccc(OC)cc1. The van der Waals surface area contributed by atoms with Crippen LogP contribution in [0.5, 0.6) is 5.75 Å².